The molecule has 1 aromatic carbocycles. The lowest BCUT2D eigenvalue weighted by atomic mass is 10.1. The van der Waals surface area contributed by atoms with Gasteiger partial charge >= 0.3 is 0 Å². The highest BCUT2D eigenvalue weighted by molar-refractivity contribution is 6.30. The number of aryl methyl sites for hydroxylation is 1. The van der Waals surface area contributed by atoms with Crippen molar-refractivity contribution in [3.05, 3.63) is 52.8 Å². The molecular weight excluding hydrogens is 258 g/mol. The minimum Gasteiger partial charge on any atom is -0.306 e. The Morgan fingerprint density at radius 1 is 1.42 bits per heavy atom. The first kappa shape index (κ1) is 14.1. The van der Waals surface area contributed by atoms with Crippen LogP contribution in [0.4, 0.5) is 0 Å². The Hall–Kier alpha value is -1.32. The molecule has 1 heterocycles. The maximum absolute atomic E-state index is 6.00. The Balaban J connectivity index is 1.90. The zero-order valence-electron chi connectivity index (χ0n) is 11.4. The molecule has 0 bridgehead atoms. The van der Waals surface area contributed by atoms with E-state index in [2.05, 4.69) is 36.5 Å². The Morgan fingerprint density at radius 3 is 3.00 bits per heavy atom. The van der Waals surface area contributed by atoms with E-state index in [4.69, 9.17) is 11.6 Å². The molecular formula is C15H20ClN3. The lowest BCUT2D eigenvalue weighted by molar-refractivity contribution is 0.572. The smallest absolute Gasteiger partial charge is 0.0534 e. The van der Waals surface area contributed by atoms with E-state index in [0.29, 0.717) is 0 Å². The van der Waals surface area contributed by atoms with Crippen molar-refractivity contribution >= 4 is 11.6 Å². The van der Waals surface area contributed by atoms with Crippen molar-refractivity contribution < 1.29 is 0 Å². The molecule has 102 valence electrons. The van der Waals surface area contributed by atoms with Gasteiger partial charge in [-0.3, -0.25) is 4.68 Å². The summed E-state index contributed by atoms with van der Waals surface area (Å²) in [6.45, 7) is 6.09. The fourth-order valence-electron chi connectivity index (χ4n) is 2.01. The summed E-state index contributed by atoms with van der Waals surface area (Å²) in [5.41, 5.74) is 2.41. The number of aromatic nitrogens is 2. The molecule has 19 heavy (non-hydrogen) atoms. The lowest BCUT2D eigenvalue weighted by Gasteiger charge is -2.13. The first-order valence-corrected chi connectivity index (χ1v) is 7.07. The topological polar surface area (TPSA) is 29.9 Å². The van der Waals surface area contributed by atoms with Gasteiger partial charge in [-0.2, -0.15) is 5.10 Å². The molecule has 0 aliphatic carbocycles. The van der Waals surface area contributed by atoms with Crippen LogP contribution in [0.15, 0.2) is 36.7 Å². The van der Waals surface area contributed by atoms with Crippen molar-refractivity contribution in [3.63, 3.8) is 0 Å². The number of rotatable bonds is 6. The highest BCUT2D eigenvalue weighted by Gasteiger charge is 2.06. The zero-order chi connectivity index (χ0) is 13.7. The van der Waals surface area contributed by atoms with Gasteiger partial charge in [0, 0.05) is 35.9 Å². The van der Waals surface area contributed by atoms with Crippen LogP contribution in [0.3, 0.4) is 0 Å². The van der Waals surface area contributed by atoms with Gasteiger partial charge in [0.15, 0.2) is 0 Å². The second kappa shape index (κ2) is 6.73. The van der Waals surface area contributed by atoms with Crippen molar-refractivity contribution in [2.75, 3.05) is 0 Å². The van der Waals surface area contributed by atoms with Crippen molar-refractivity contribution in [1.82, 2.24) is 15.1 Å². The maximum Gasteiger partial charge on any atom is 0.0534 e. The van der Waals surface area contributed by atoms with Gasteiger partial charge in [0.2, 0.25) is 0 Å². The normalized spacial score (nSPS) is 12.6. The van der Waals surface area contributed by atoms with E-state index < -0.39 is 0 Å². The van der Waals surface area contributed by atoms with Crippen molar-refractivity contribution in [2.45, 2.75) is 39.4 Å². The predicted octanol–water partition coefficient (Wildman–Crippen LogP) is 3.80. The van der Waals surface area contributed by atoms with Gasteiger partial charge in [0.25, 0.3) is 0 Å². The summed E-state index contributed by atoms with van der Waals surface area (Å²) in [5.74, 6) is 0. The molecule has 0 amide bonds. The third-order valence-corrected chi connectivity index (χ3v) is 3.34. The standard InChI is InChI=1S/C15H20ClN3/c1-3-7-19-11-13(10-18-19)9-17-12(2)14-5-4-6-15(16)8-14/h4-6,8,10-12,17H,3,7,9H2,1-2H3/t12-/m1/s1. The molecule has 1 N–H and O–H groups in total. The quantitative estimate of drug-likeness (QED) is 0.870. The number of nitrogens with one attached hydrogen (secondary N) is 1. The largest absolute Gasteiger partial charge is 0.306 e. The van der Waals surface area contributed by atoms with Crippen LogP contribution in [0.25, 0.3) is 0 Å². The van der Waals surface area contributed by atoms with Crippen molar-refractivity contribution in [3.8, 4) is 0 Å². The highest BCUT2D eigenvalue weighted by atomic mass is 35.5. The maximum atomic E-state index is 6.00. The van der Waals surface area contributed by atoms with Crippen LogP contribution >= 0.6 is 11.6 Å². The Kier molecular flexibility index (Phi) is 5.00. The second-order valence-electron chi connectivity index (χ2n) is 4.77. The Bertz CT molecular complexity index is 522. The van der Waals surface area contributed by atoms with Gasteiger partial charge in [0.1, 0.15) is 0 Å². The molecule has 0 unspecified atom stereocenters. The number of nitrogens with zero attached hydrogens (tertiary/aromatic N) is 2. The third-order valence-electron chi connectivity index (χ3n) is 3.10. The fourth-order valence-corrected chi connectivity index (χ4v) is 2.21. The van der Waals surface area contributed by atoms with E-state index in [0.717, 1.165) is 24.5 Å². The molecule has 0 spiro atoms. The van der Waals surface area contributed by atoms with Crippen LogP contribution in [0.1, 0.15) is 37.4 Å². The van der Waals surface area contributed by atoms with E-state index in [1.807, 2.05) is 29.1 Å². The molecule has 0 aliphatic rings. The summed E-state index contributed by atoms with van der Waals surface area (Å²) in [4.78, 5) is 0. The lowest BCUT2D eigenvalue weighted by Crippen LogP contribution is -2.17. The van der Waals surface area contributed by atoms with E-state index in [-0.39, 0.29) is 6.04 Å². The molecule has 0 aliphatic heterocycles. The molecule has 3 nitrogen and oxygen atoms in total. The van der Waals surface area contributed by atoms with Gasteiger partial charge in [-0.15, -0.1) is 0 Å². The first-order valence-electron chi connectivity index (χ1n) is 6.69. The van der Waals surface area contributed by atoms with E-state index in [1.165, 1.54) is 11.1 Å². The highest BCUT2D eigenvalue weighted by Crippen LogP contribution is 2.17. The number of hydrogen-bond acceptors (Lipinski definition) is 2. The summed E-state index contributed by atoms with van der Waals surface area (Å²) in [6.07, 6.45) is 5.13. The average Bonchev–Trinajstić information content (AvgIpc) is 2.84. The minimum absolute atomic E-state index is 0.272. The van der Waals surface area contributed by atoms with E-state index >= 15 is 0 Å². The second-order valence-corrected chi connectivity index (χ2v) is 5.21. The van der Waals surface area contributed by atoms with Crippen LogP contribution in [0.5, 0.6) is 0 Å². The number of benzene rings is 1. The van der Waals surface area contributed by atoms with Crippen molar-refractivity contribution in [1.29, 1.82) is 0 Å². The molecule has 2 aromatic rings. The monoisotopic (exact) mass is 277 g/mol. The van der Waals surface area contributed by atoms with Gasteiger partial charge in [0.05, 0.1) is 6.20 Å². The van der Waals surface area contributed by atoms with Gasteiger partial charge in [-0.25, -0.2) is 0 Å². The molecule has 1 atom stereocenters. The number of hydrogen-bond donors (Lipinski definition) is 1. The van der Waals surface area contributed by atoms with Crippen LogP contribution < -0.4 is 5.32 Å². The summed E-state index contributed by atoms with van der Waals surface area (Å²) in [6, 6.07) is 8.24. The SMILES string of the molecule is CCCn1cc(CN[C@H](C)c2cccc(Cl)c2)cn1. The first-order chi connectivity index (χ1) is 9.19. The van der Waals surface area contributed by atoms with E-state index in [1.54, 1.807) is 0 Å². The molecule has 2 rings (SSSR count). The fraction of sp³-hybridized carbons (Fsp3) is 0.400. The molecule has 1 aromatic heterocycles. The summed E-state index contributed by atoms with van der Waals surface area (Å²) >= 11 is 6.00. The summed E-state index contributed by atoms with van der Waals surface area (Å²) in [7, 11) is 0. The average molecular weight is 278 g/mol. The Morgan fingerprint density at radius 2 is 2.26 bits per heavy atom. The van der Waals surface area contributed by atoms with Crippen LogP contribution in [0, 0.1) is 0 Å². The third kappa shape index (κ3) is 4.08. The zero-order valence-corrected chi connectivity index (χ0v) is 12.2. The van der Waals surface area contributed by atoms with Crippen LogP contribution in [0.2, 0.25) is 5.02 Å². The molecule has 0 radical (unpaired) electrons. The van der Waals surface area contributed by atoms with Gasteiger partial charge in [-0.1, -0.05) is 30.7 Å². The minimum atomic E-state index is 0.272. The van der Waals surface area contributed by atoms with Crippen molar-refractivity contribution in [2.24, 2.45) is 0 Å². The Labute approximate surface area is 119 Å². The summed E-state index contributed by atoms with van der Waals surface area (Å²) in [5, 5.41) is 8.59. The van der Waals surface area contributed by atoms with Crippen LogP contribution in [-0.2, 0) is 13.1 Å². The molecule has 4 heteroatoms. The molecule has 0 saturated heterocycles. The van der Waals surface area contributed by atoms with Gasteiger partial charge in [-0.05, 0) is 31.0 Å². The van der Waals surface area contributed by atoms with Crippen LogP contribution in [-0.4, -0.2) is 9.78 Å². The molecule has 0 fully saturated rings. The van der Waals surface area contributed by atoms with Gasteiger partial charge < -0.3 is 5.32 Å². The summed E-state index contributed by atoms with van der Waals surface area (Å²) < 4.78 is 1.99. The van der Waals surface area contributed by atoms with E-state index in [9.17, 15) is 0 Å². The molecule has 0 saturated carbocycles. The number of halogens is 1. The predicted molar refractivity (Wildman–Crippen MR) is 79.2 cm³/mol.